The molecule has 0 aromatic heterocycles. The summed E-state index contributed by atoms with van der Waals surface area (Å²) in [4.78, 5) is 6.98. The monoisotopic (exact) mass is 456 g/mol. The van der Waals surface area contributed by atoms with Crippen LogP contribution in [0.2, 0.25) is 0 Å². The third kappa shape index (κ3) is 5.84. The molecule has 1 atom stereocenters. The molecule has 1 aliphatic heterocycles. The molecule has 5 heteroatoms. The highest BCUT2D eigenvalue weighted by Gasteiger charge is 2.43. The van der Waals surface area contributed by atoms with Gasteiger partial charge in [0.15, 0.2) is 5.96 Å². The lowest BCUT2D eigenvalue weighted by Crippen LogP contribution is -2.43. The molecule has 1 aromatic carbocycles. The van der Waals surface area contributed by atoms with E-state index in [1.165, 1.54) is 50.9 Å². The van der Waals surface area contributed by atoms with E-state index >= 15 is 0 Å². The van der Waals surface area contributed by atoms with E-state index in [1.807, 2.05) is 7.05 Å². The Hall–Kier alpha value is -0.820. The van der Waals surface area contributed by atoms with Crippen molar-refractivity contribution >= 4 is 29.9 Å². The molecule has 0 bridgehead atoms. The molecule has 1 saturated heterocycles. The van der Waals surface area contributed by atoms with Crippen molar-refractivity contribution in [3.8, 4) is 0 Å². The first-order valence-corrected chi connectivity index (χ1v) is 9.44. The van der Waals surface area contributed by atoms with E-state index in [1.54, 1.807) is 0 Å². The molecule has 2 fully saturated rings. The quantitative estimate of drug-likeness (QED) is 0.376. The van der Waals surface area contributed by atoms with Gasteiger partial charge in [0.05, 0.1) is 0 Å². The summed E-state index contributed by atoms with van der Waals surface area (Å²) in [5, 5.41) is 7.05. The molecule has 140 valence electrons. The Balaban J connectivity index is 0.00000225. The van der Waals surface area contributed by atoms with Gasteiger partial charge in [-0.1, -0.05) is 37.3 Å². The van der Waals surface area contributed by atoms with Gasteiger partial charge in [-0.2, -0.15) is 0 Å². The van der Waals surface area contributed by atoms with Crippen LogP contribution in [0.15, 0.2) is 35.3 Å². The predicted octanol–water partition coefficient (Wildman–Crippen LogP) is 3.23. The van der Waals surface area contributed by atoms with Crippen molar-refractivity contribution in [1.29, 1.82) is 0 Å². The van der Waals surface area contributed by atoms with Gasteiger partial charge in [0.2, 0.25) is 0 Å². The van der Waals surface area contributed by atoms with Crippen LogP contribution in [0, 0.1) is 5.92 Å². The van der Waals surface area contributed by atoms with Crippen LogP contribution in [0.5, 0.6) is 0 Å². The Morgan fingerprint density at radius 1 is 1.16 bits per heavy atom. The molecule has 2 aliphatic rings. The number of nitrogens with zero attached hydrogens (tertiary/aromatic N) is 2. The van der Waals surface area contributed by atoms with Crippen LogP contribution in [-0.2, 0) is 5.41 Å². The van der Waals surface area contributed by atoms with E-state index in [0.717, 1.165) is 19.0 Å². The normalized spacial score (nSPS) is 20.6. The van der Waals surface area contributed by atoms with Gasteiger partial charge in [-0.3, -0.25) is 4.99 Å². The molecule has 1 heterocycles. The number of rotatable bonds is 7. The highest BCUT2D eigenvalue weighted by Crippen LogP contribution is 2.47. The lowest BCUT2D eigenvalue weighted by Gasteiger charge is -2.23. The fraction of sp³-hybridized carbons (Fsp3) is 0.650. The summed E-state index contributed by atoms with van der Waals surface area (Å²) >= 11 is 0. The van der Waals surface area contributed by atoms with E-state index < -0.39 is 0 Å². The molecule has 0 spiro atoms. The summed E-state index contributed by atoms with van der Waals surface area (Å²) in [5.41, 5.74) is 1.77. The molecule has 1 aliphatic carbocycles. The summed E-state index contributed by atoms with van der Waals surface area (Å²) in [6.07, 6.45) is 5.27. The number of hydrogen-bond acceptors (Lipinski definition) is 2. The lowest BCUT2D eigenvalue weighted by atomic mass is 9.96. The smallest absolute Gasteiger partial charge is 0.191 e. The largest absolute Gasteiger partial charge is 0.356 e. The molecule has 2 N–H and O–H groups in total. The standard InChI is InChI=1S/C20H32N4.HI/c1-17(15-24-12-6-7-13-24)14-22-19(21-2)23-16-20(10-11-20)18-8-4-3-5-9-18;/h3-5,8-9,17H,6-7,10-16H2,1-2H3,(H2,21,22,23);1H. The number of hydrogen-bond donors (Lipinski definition) is 2. The molecule has 0 radical (unpaired) electrons. The van der Waals surface area contributed by atoms with Crippen LogP contribution in [0.4, 0.5) is 0 Å². The van der Waals surface area contributed by atoms with E-state index in [-0.39, 0.29) is 24.0 Å². The predicted molar refractivity (Wildman–Crippen MR) is 117 cm³/mol. The number of benzene rings is 1. The summed E-state index contributed by atoms with van der Waals surface area (Å²) in [7, 11) is 1.86. The zero-order chi connectivity index (χ0) is 16.8. The lowest BCUT2D eigenvalue weighted by molar-refractivity contribution is 0.287. The topological polar surface area (TPSA) is 39.7 Å². The Morgan fingerprint density at radius 2 is 1.84 bits per heavy atom. The summed E-state index contributed by atoms with van der Waals surface area (Å²) in [6.45, 7) is 8.02. The van der Waals surface area contributed by atoms with Crippen molar-refractivity contribution in [3.63, 3.8) is 0 Å². The van der Waals surface area contributed by atoms with Gasteiger partial charge in [-0.25, -0.2) is 0 Å². The van der Waals surface area contributed by atoms with Crippen LogP contribution in [0.25, 0.3) is 0 Å². The van der Waals surface area contributed by atoms with Gasteiger partial charge in [-0.05, 0) is 50.3 Å². The third-order valence-corrected chi connectivity index (χ3v) is 5.44. The summed E-state index contributed by atoms with van der Waals surface area (Å²) < 4.78 is 0. The van der Waals surface area contributed by atoms with Crippen LogP contribution in [0.3, 0.4) is 0 Å². The zero-order valence-corrected chi connectivity index (χ0v) is 18.0. The Labute approximate surface area is 169 Å². The van der Waals surface area contributed by atoms with Crippen molar-refractivity contribution in [3.05, 3.63) is 35.9 Å². The van der Waals surface area contributed by atoms with Crippen molar-refractivity contribution in [2.75, 3.05) is 39.8 Å². The Morgan fingerprint density at radius 3 is 2.44 bits per heavy atom. The van der Waals surface area contributed by atoms with E-state index in [0.29, 0.717) is 11.3 Å². The summed E-state index contributed by atoms with van der Waals surface area (Å²) in [6, 6.07) is 10.9. The molecule has 1 aromatic rings. The third-order valence-electron chi connectivity index (χ3n) is 5.44. The Kier molecular flexibility index (Phi) is 8.00. The number of likely N-dealkylation sites (tertiary alicyclic amines) is 1. The molecular formula is C20H33IN4. The van der Waals surface area contributed by atoms with Gasteiger partial charge in [0.1, 0.15) is 0 Å². The first-order chi connectivity index (χ1) is 11.7. The van der Waals surface area contributed by atoms with E-state index in [4.69, 9.17) is 0 Å². The van der Waals surface area contributed by atoms with Crippen LogP contribution >= 0.6 is 24.0 Å². The van der Waals surface area contributed by atoms with Gasteiger partial charge >= 0.3 is 0 Å². The second-order valence-corrected chi connectivity index (χ2v) is 7.57. The average Bonchev–Trinajstić information content (AvgIpc) is 3.24. The fourth-order valence-electron chi connectivity index (χ4n) is 3.73. The molecule has 1 unspecified atom stereocenters. The molecule has 4 nitrogen and oxygen atoms in total. The SMILES string of the molecule is CN=C(NCC(C)CN1CCCC1)NCC1(c2ccccc2)CC1.I. The minimum atomic E-state index is 0. The zero-order valence-electron chi connectivity index (χ0n) is 15.6. The van der Waals surface area contributed by atoms with Gasteiger partial charge in [0, 0.05) is 32.1 Å². The molecular weight excluding hydrogens is 423 g/mol. The fourth-order valence-corrected chi connectivity index (χ4v) is 3.73. The maximum absolute atomic E-state index is 4.40. The first-order valence-electron chi connectivity index (χ1n) is 9.44. The first kappa shape index (κ1) is 20.5. The van der Waals surface area contributed by atoms with Crippen molar-refractivity contribution in [2.24, 2.45) is 10.9 Å². The van der Waals surface area contributed by atoms with Gasteiger partial charge < -0.3 is 15.5 Å². The maximum Gasteiger partial charge on any atom is 0.191 e. The highest BCUT2D eigenvalue weighted by atomic mass is 127. The minimum absolute atomic E-state index is 0. The van der Waals surface area contributed by atoms with Crippen LogP contribution in [0.1, 0.15) is 38.2 Å². The van der Waals surface area contributed by atoms with Crippen LogP contribution < -0.4 is 10.6 Å². The number of guanidine groups is 1. The Bertz CT molecular complexity index is 536. The average molecular weight is 456 g/mol. The minimum Gasteiger partial charge on any atom is -0.356 e. The second kappa shape index (κ2) is 9.76. The van der Waals surface area contributed by atoms with Gasteiger partial charge in [0.25, 0.3) is 0 Å². The molecule has 3 rings (SSSR count). The molecule has 0 amide bonds. The van der Waals surface area contributed by atoms with Crippen molar-refractivity contribution in [2.45, 2.75) is 38.0 Å². The molecule has 1 saturated carbocycles. The number of halogens is 1. The van der Waals surface area contributed by atoms with E-state index in [9.17, 15) is 0 Å². The highest BCUT2D eigenvalue weighted by molar-refractivity contribution is 14.0. The number of nitrogens with one attached hydrogen (secondary N) is 2. The number of aliphatic imine (C=N–C) groups is 1. The van der Waals surface area contributed by atoms with Crippen molar-refractivity contribution < 1.29 is 0 Å². The maximum atomic E-state index is 4.40. The van der Waals surface area contributed by atoms with Crippen molar-refractivity contribution in [1.82, 2.24) is 15.5 Å². The van der Waals surface area contributed by atoms with Gasteiger partial charge in [-0.15, -0.1) is 24.0 Å². The second-order valence-electron chi connectivity index (χ2n) is 7.57. The van der Waals surface area contributed by atoms with E-state index in [2.05, 4.69) is 57.8 Å². The molecule has 25 heavy (non-hydrogen) atoms. The summed E-state index contributed by atoms with van der Waals surface area (Å²) in [5.74, 6) is 1.58. The van der Waals surface area contributed by atoms with Crippen LogP contribution in [-0.4, -0.2) is 50.6 Å².